The Kier molecular flexibility index (Phi) is 4.03. The summed E-state index contributed by atoms with van der Waals surface area (Å²) in [5, 5.41) is 9.18. The zero-order valence-electron chi connectivity index (χ0n) is 11.3. The number of alkyl halides is 3. The number of hydrogen-bond donors (Lipinski definition) is 1. The molecule has 1 heterocycles. The van der Waals surface area contributed by atoms with Crippen molar-refractivity contribution in [2.24, 2.45) is 0 Å². The van der Waals surface area contributed by atoms with Gasteiger partial charge in [0.25, 0.3) is 0 Å². The largest absolute Gasteiger partial charge is 0.484 e. The van der Waals surface area contributed by atoms with E-state index in [-0.39, 0.29) is 34.6 Å². The lowest BCUT2D eigenvalue weighted by Crippen LogP contribution is -2.11. The van der Waals surface area contributed by atoms with Gasteiger partial charge in [0.05, 0.1) is 11.1 Å². The van der Waals surface area contributed by atoms with Crippen LogP contribution in [0.3, 0.4) is 0 Å². The van der Waals surface area contributed by atoms with Crippen LogP contribution in [0, 0.1) is 0 Å². The third kappa shape index (κ3) is 3.16. The Morgan fingerprint density at radius 1 is 1.32 bits per heavy atom. The van der Waals surface area contributed by atoms with Crippen LogP contribution < -0.4 is 4.74 Å². The number of aromatic nitrogens is 1. The third-order valence-electron chi connectivity index (χ3n) is 2.80. The first-order chi connectivity index (χ1) is 10.2. The first-order valence-corrected chi connectivity index (χ1v) is 6.05. The van der Waals surface area contributed by atoms with Gasteiger partial charge in [-0.1, -0.05) is 0 Å². The Labute approximate surface area is 122 Å². The van der Waals surface area contributed by atoms with Crippen LogP contribution in [0.2, 0.25) is 0 Å². The maximum absolute atomic E-state index is 12.7. The summed E-state index contributed by atoms with van der Waals surface area (Å²) < 4.78 is 43.2. The molecule has 1 aromatic carbocycles. The van der Waals surface area contributed by atoms with Crippen molar-refractivity contribution in [1.29, 1.82) is 0 Å². The van der Waals surface area contributed by atoms with Crippen LogP contribution in [0.25, 0.3) is 10.9 Å². The van der Waals surface area contributed by atoms with Crippen LogP contribution in [0.4, 0.5) is 13.2 Å². The van der Waals surface area contributed by atoms with E-state index in [1.54, 1.807) is 0 Å². The van der Waals surface area contributed by atoms with Gasteiger partial charge in [-0.15, -0.1) is 0 Å². The van der Waals surface area contributed by atoms with Crippen molar-refractivity contribution in [3.05, 3.63) is 35.5 Å². The number of hydrogen-bond acceptors (Lipinski definition) is 4. The molecule has 0 saturated carbocycles. The Morgan fingerprint density at radius 2 is 2.00 bits per heavy atom. The molecular weight excluding hydrogens is 303 g/mol. The number of rotatable bonds is 4. The van der Waals surface area contributed by atoms with E-state index in [1.807, 2.05) is 0 Å². The molecule has 0 unspecified atom stereocenters. The first kappa shape index (κ1) is 15.7. The molecule has 22 heavy (non-hydrogen) atoms. The number of carboxylic acid groups (broad SMARTS) is 1. The number of pyridine rings is 1. The minimum atomic E-state index is -4.54. The summed E-state index contributed by atoms with van der Waals surface area (Å²) in [6, 6.07) is 2.67. The van der Waals surface area contributed by atoms with E-state index in [9.17, 15) is 22.8 Å². The van der Waals surface area contributed by atoms with E-state index in [1.165, 1.54) is 6.92 Å². The average molecular weight is 313 g/mol. The minimum Gasteiger partial charge on any atom is -0.484 e. The first-order valence-electron chi connectivity index (χ1n) is 6.05. The summed E-state index contributed by atoms with van der Waals surface area (Å²) in [5.74, 6) is -1.89. The highest BCUT2D eigenvalue weighted by atomic mass is 19.4. The summed E-state index contributed by atoms with van der Waals surface area (Å²) in [6.07, 6.45) is -3.64. The van der Waals surface area contributed by atoms with Crippen molar-refractivity contribution in [2.75, 3.05) is 6.61 Å². The highest BCUT2D eigenvalue weighted by Gasteiger charge is 2.31. The predicted octanol–water partition coefficient (Wildman–Crippen LogP) is 2.92. The molecule has 0 atom stereocenters. The Balaban J connectivity index is 2.62. The van der Waals surface area contributed by atoms with Gasteiger partial charge in [0.1, 0.15) is 17.9 Å². The van der Waals surface area contributed by atoms with Crippen molar-refractivity contribution in [2.45, 2.75) is 13.1 Å². The molecule has 0 amide bonds. The van der Waals surface area contributed by atoms with E-state index in [0.717, 1.165) is 24.4 Å². The molecule has 1 N–H and O–H groups in total. The maximum Gasteiger partial charge on any atom is 0.416 e. The molecule has 2 aromatic rings. The highest BCUT2D eigenvalue weighted by molar-refractivity contribution is 5.99. The molecule has 0 aliphatic rings. The number of ketones is 1. The quantitative estimate of drug-likeness (QED) is 0.939. The maximum atomic E-state index is 12.7. The van der Waals surface area contributed by atoms with Crippen LogP contribution in [-0.4, -0.2) is 28.4 Å². The molecule has 8 heteroatoms. The second-order valence-electron chi connectivity index (χ2n) is 4.53. The van der Waals surface area contributed by atoms with Crippen molar-refractivity contribution in [1.82, 2.24) is 4.98 Å². The Bertz CT molecular complexity index is 756. The van der Waals surface area contributed by atoms with Gasteiger partial charge in [-0.3, -0.25) is 9.78 Å². The second kappa shape index (κ2) is 5.63. The summed E-state index contributed by atoms with van der Waals surface area (Å²) >= 11 is 0. The van der Waals surface area contributed by atoms with Crippen molar-refractivity contribution < 1.29 is 32.6 Å². The molecule has 1 aromatic heterocycles. The molecule has 0 fully saturated rings. The zero-order valence-corrected chi connectivity index (χ0v) is 11.3. The Hall–Kier alpha value is -2.64. The molecular formula is C14H10F3NO4. The smallest absolute Gasteiger partial charge is 0.416 e. The number of carbonyl (C=O) groups is 2. The number of benzene rings is 1. The number of Topliss-reactive ketones (excluding diaryl/α,β-unsaturated/α-hetero) is 1. The van der Waals surface area contributed by atoms with Crippen LogP contribution in [0.1, 0.15) is 22.8 Å². The van der Waals surface area contributed by atoms with Gasteiger partial charge in [-0.2, -0.15) is 13.2 Å². The zero-order chi connectivity index (χ0) is 16.5. The van der Waals surface area contributed by atoms with Crippen LogP contribution in [0.15, 0.2) is 24.4 Å². The molecule has 0 aliphatic carbocycles. The number of fused-ring (bicyclic) bond motifs is 1. The summed E-state index contributed by atoms with van der Waals surface area (Å²) in [4.78, 5) is 25.9. The van der Waals surface area contributed by atoms with E-state index >= 15 is 0 Å². The monoisotopic (exact) mass is 313 g/mol. The van der Waals surface area contributed by atoms with Crippen LogP contribution >= 0.6 is 0 Å². The fraction of sp³-hybridized carbons (Fsp3) is 0.214. The van der Waals surface area contributed by atoms with E-state index in [4.69, 9.17) is 9.84 Å². The van der Waals surface area contributed by atoms with Gasteiger partial charge >= 0.3 is 12.1 Å². The molecule has 0 bridgehead atoms. The molecule has 0 radical (unpaired) electrons. The van der Waals surface area contributed by atoms with Gasteiger partial charge in [0, 0.05) is 11.6 Å². The standard InChI is InChI=1S/C14H10F3NO4/c1-7(19)6-22-12-9-3-2-8(14(15,16)17)4-11(9)18-5-10(12)13(20)21/h2-5H,6H2,1H3,(H,20,21). The number of halogens is 3. The third-order valence-corrected chi connectivity index (χ3v) is 2.80. The fourth-order valence-corrected chi connectivity index (χ4v) is 1.83. The lowest BCUT2D eigenvalue weighted by atomic mass is 10.1. The van der Waals surface area contributed by atoms with Gasteiger partial charge in [-0.05, 0) is 25.1 Å². The number of ether oxygens (including phenoxy) is 1. The SMILES string of the molecule is CC(=O)COc1c(C(=O)O)cnc2cc(C(F)(F)F)ccc12. The minimum absolute atomic E-state index is 0.0709. The van der Waals surface area contributed by atoms with Crippen LogP contribution in [0.5, 0.6) is 5.75 Å². The predicted molar refractivity (Wildman–Crippen MR) is 69.9 cm³/mol. The Morgan fingerprint density at radius 3 is 2.55 bits per heavy atom. The lowest BCUT2D eigenvalue weighted by molar-refractivity contribution is -0.137. The van der Waals surface area contributed by atoms with Crippen molar-refractivity contribution in [3.63, 3.8) is 0 Å². The van der Waals surface area contributed by atoms with E-state index < -0.39 is 17.7 Å². The lowest BCUT2D eigenvalue weighted by Gasteiger charge is -2.12. The number of aromatic carboxylic acids is 1. The number of nitrogens with zero attached hydrogens (tertiary/aromatic N) is 1. The fourth-order valence-electron chi connectivity index (χ4n) is 1.83. The number of carbonyl (C=O) groups excluding carboxylic acids is 1. The van der Waals surface area contributed by atoms with Crippen molar-refractivity contribution in [3.8, 4) is 5.75 Å². The van der Waals surface area contributed by atoms with Gasteiger partial charge < -0.3 is 9.84 Å². The molecule has 2 rings (SSSR count). The highest BCUT2D eigenvalue weighted by Crippen LogP contribution is 2.34. The van der Waals surface area contributed by atoms with Gasteiger partial charge in [0.2, 0.25) is 0 Å². The van der Waals surface area contributed by atoms with Gasteiger partial charge in [-0.25, -0.2) is 4.79 Å². The topological polar surface area (TPSA) is 76.5 Å². The summed E-state index contributed by atoms with van der Waals surface area (Å²) in [6.45, 7) is 0.853. The van der Waals surface area contributed by atoms with E-state index in [0.29, 0.717) is 0 Å². The molecule has 0 saturated heterocycles. The number of carboxylic acids is 1. The summed E-state index contributed by atoms with van der Waals surface area (Å²) in [5.41, 5.74) is -1.31. The molecule has 0 spiro atoms. The normalized spacial score (nSPS) is 11.5. The molecule has 116 valence electrons. The summed E-state index contributed by atoms with van der Waals surface area (Å²) in [7, 11) is 0. The second-order valence-corrected chi connectivity index (χ2v) is 4.53. The molecule has 5 nitrogen and oxygen atoms in total. The van der Waals surface area contributed by atoms with Crippen molar-refractivity contribution >= 4 is 22.7 Å². The van der Waals surface area contributed by atoms with Gasteiger partial charge in [0.15, 0.2) is 5.78 Å². The van der Waals surface area contributed by atoms with Crippen LogP contribution in [-0.2, 0) is 11.0 Å². The van der Waals surface area contributed by atoms with E-state index in [2.05, 4.69) is 4.98 Å². The molecule has 0 aliphatic heterocycles. The average Bonchev–Trinajstić information content (AvgIpc) is 2.42.